The molecule has 11 heteroatoms. The third-order valence-corrected chi connectivity index (χ3v) is 9.32. The number of carbonyl (C=O) groups excluding carboxylic acids is 2. The molecule has 0 unspecified atom stereocenters. The van der Waals surface area contributed by atoms with Crippen LogP contribution in [0.5, 0.6) is 0 Å². The quantitative estimate of drug-likeness (QED) is 0.375. The van der Waals surface area contributed by atoms with Crippen molar-refractivity contribution in [3.8, 4) is 0 Å². The number of halogens is 1. The molecule has 246 valence electrons. The number of benzene rings is 1. The van der Waals surface area contributed by atoms with Gasteiger partial charge in [-0.05, 0) is 74.9 Å². The Morgan fingerprint density at radius 1 is 1.09 bits per heavy atom. The molecule has 4 heterocycles. The number of rotatable bonds is 4. The molecule has 0 bridgehead atoms. The second kappa shape index (κ2) is 14.9. The first-order chi connectivity index (χ1) is 21.6. The number of esters is 1. The minimum absolute atomic E-state index is 0.0691. The molecule has 2 aromatic rings. The number of likely N-dealkylation sites (N-methyl/N-ethyl adjacent to an activating group) is 1. The van der Waals surface area contributed by atoms with E-state index in [1.807, 2.05) is 56.8 Å². The number of fused-ring (bicyclic) bond motifs is 1. The van der Waals surface area contributed by atoms with Crippen LogP contribution < -0.4 is 0 Å². The summed E-state index contributed by atoms with van der Waals surface area (Å²) in [4.78, 5) is 29.9. The molecule has 5 atom stereocenters. The van der Waals surface area contributed by atoms with Crippen molar-refractivity contribution in [3.05, 3.63) is 47.4 Å². The van der Waals surface area contributed by atoms with Crippen LogP contribution in [-0.4, -0.2) is 102 Å². The highest BCUT2D eigenvalue weighted by atomic mass is 19.1. The summed E-state index contributed by atoms with van der Waals surface area (Å²) in [6.07, 6.45) is 7.26. The van der Waals surface area contributed by atoms with E-state index in [9.17, 15) is 14.7 Å². The van der Waals surface area contributed by atoms with E-state index in [0.717, 1.165) is 31.5 Å². The van der Waals surface area contributed by atoms with Crippen LogP contribution in [0.4, 0.5) is 9.18 Å². The smallest absolute Gasteiger partial charge is 0.410 e. The Morgan fingerprint density at radius 3 is 2.56 bits per heavy atom. The zero-order valence-electron chi connectivity index (χ0n) is 26.9. The number of piperazine rings is 1. The predicted octanol–water partition coefficient (Wildman–Crippen LogP) is 4.97. The number of amides is 1. The summed E-state index contributed by atoms with van der Waals surface area (Å²) in [7, 11) is 2.03. The van der Waals surface area contributed by atoms with Crippen molar-refractivity contribution < 1.29 is 33.3 Å². The molecule has 3 aliphatic rings. The highest BCUT2D eigenvalue weighted by molar-refractivity contribution is 5.82. The highest BCUT2D eigenvalue weighted by Gasteiger charge is 2.29. The maximum Gasteiger partial charge on any atom is 0.410 e. The van der Waals surface area contributed by atoms with Gasteiger partial charge in [-0.15, -0.1) is 0 Å². The molecule has 2 fully saturated rings. The van der Waals surface area contributed by atoms with Gasteiger partial charge in [-0.1, -0.05) is 26.0 Å². The average molecular weight is 627 g/mol. The molecule has 1 amide bonds. The number of cyclic esters (lactones) is 1. The number of aliphatic hydroxyl groups excluding tert-OH is 1. The van der Waals surface area contributed by atoms with Crippen LogP contribution in [0.1, 0.15) is 64.5 Å². The first kappa shape index (κ1) is 33.1. The maximum atomic E-state index is 15.3. The van der Waals surface area contributed by atoms with E-state index in [1.54, 1.807) is 11.1 Å². The Morgan fingerprint density at radius 2 is 1.82 bits per heavy atom. The summed E-state index contributed by atoms with van der Waals surface area (Å²) >= 11 is 0. The van der Waals surface area contributed by atoms with Gasteiger partial charge in [0.2, 0.25) is 0 Å². The van der Waals surface area contributed by atoms with Crippen LogP contribution in [0.15, 0.2) is 36.1 Å². The van der Waals surface area contributed by atoms with Crippen molar-refractivity contribution in [2.45, 2.75) is 77.2 Å². The summed E-state index contributed by atoms with van der Waals surface area (Å²) < 4.78 is 34.6. The van der Waals surface area contributed by atoms with Crippen LogP contribution in [0.25, 0.3) is 17.0 Å². The summed E-state index contributed by atoms with van der Waals surface area (Å²) in [5, 5.41) is 15.6. The molecule has 0 spiro atoms. The Hall–Kier alpha value is -3.28. The molecule has 1 aromatic carbocycles. The van der Waals surface area contributed by atoms with E-state index in [0.29, 0.717) is 55.6 Å². The van der Waals surface area contributed by atoms with Crippen molar-refractivity contribution in [1.82, 2.24) is 19.6 Å². The Labute approximate surface area is 264 Å². The number of hydrogen-bond donors (Lipinski definition) is 1. The molecule has 10 nitrogen and oxygen atoms in total. The normalized spacial score (nSPS) is 29.1. The zero-order valence-corrected chi connectivity index (χ0v) is 26.9. The lowest BCUT2D eigenvalue weighted by Gasteiger charge is -2.33. The molecule has 5 rings (SSSR count). The second-order valence-corrected chi connectivity index (χ2v) is 13.0. The van der Waals surface area contributed by atoms with Gasteiger partial charge in [-0.3, -0.25) is 9.48 Å². The van der Waals surface area contributed by atoms with Gasteiger partial charge in [-0.25, -0.2) is 9.18 Å². The number of ether oxygens (including phenoxy) is 3. The van der Waals surface area contributed by atoms with Crippen LogP contribution >= 0.6 is 0 Å². The number of aromatic nitrogens is 2. The van der Waals surface area contributed by atoms with E-state index < -0.39 is 24.3 Å². The lowest BCUT2D eigenvalue weighted by molar-refractivity contribution is -0.151. The van der Waals surface area contributed by atoms with Crippen molar-refractivity contribution >= 4 is 29.0 Å². The Kier molecular flexibility index (Phi) is 10.9. The Bertz CT molecular complexity index is 1390. The molecule has 0 saturated carbocycles. The summed E-state index contributed by atoms with van der Waals surface area (Å²) in [5.74, 6) is -1.22. The van der Waals surface area contributed by atoms with Crippen molar-refractivity contribution in [1.29, 1.82) is 0 Å². The molecule has 2 saturated heterocycles. The van der Waals surface area contributed by atoms with Gasteiger partial charge in [0.25, 0.3) is 0 Å². The molecule has 45 heavy (non-hydrogen) atoms. The number of carbonyl (C=O) groups is 2. The zero-order chi connectivity index (χ0) is 32.1. The van der Waals surface area contributed by atoms with E-state index in [4.69, 9.17) is 14.2 Å². The second-order valence-electron chi connectivity index (χ2n) is 13.0. The third kappa shape index (κ3) is 8.31. The highest BCUT2D eigenvalue weighted by Crippen LogP contribution is 2.30. The predicted molar refractivity (Wildman–Crippen MR) is 169 cm³/mol. The minimum Gasteiger partial charge on any atom is -0.457 e. The molecular weight excluding hydrogens is 579 g/mol. The van der Waals surface area contributed by atoms with Gasteiger partial charge in [0.15, 0.2) is 0 Å². The minimum atomic E-state index is -0.875. The maximum absolute atomic E-state index is 15.3. The van der Waals surface area contributed by atoms with Crippen LogP contribution in [-0.2, 0) is 19.0 Å². The summed E-state index contributed by atoms with van der Waals surface area (Å²) in [5.41, 5.74) is 2.07. The molecule has 1 N–H and O–H groups in total. The van der Waals surface area contributed by atoms with E-state index in [2.05, 4.69) is 10.00 Å². The lowest BCUT2D eigenvalue weighted by atomic mass is 9.91. The van der Waals surface area contributed by atoms with Crippen molar-refractivity contribution in [2.75, 3.05) is 46.4 Å². The first-order valence-electron chi connectivity index (χ1n) is 16.2. The molecule has 3 aliphatic heterocycles. The molecule has 1 aromatic heterocycles. The fraction of sp³-hybridized carbons (Fsp3) is 0.618. The van der Waals surface area contributed by atoms with Gasteiger partial charge >= 0.3 is 12.1 Å². The topological polar surface area (TPSA) is 106 Å². The standard InChI is InChI=1S/C34H47FN4O6/c1-22-5-7-27(40)20-32(41)45-33(23(2)6-8-31(22)44-34(42)38-13-11-37(4)12-14-38)24(3)17-25-18-29(35)28-21-36-39(30(28)19-25)26-9-15-43-16-10-26/h6,8,17-19,21-23,26-27,31,33,40H,5,7,9-16,20H2,1-4H3/b8-6-,24-17+/t22-,23-,27+,31-,33-/m0/s1. The van der Waals surface area contributed by atoms with Crippen LogP contribution in [0.2, 0.25) is 0 Å². The number of hydrogen-bond acceptors (Lipinski definition) is 8. The van der Waals surface area contributed by atoms with Gasteiger partial charge in [0.1, 0.15) is 18.0 Å². The SMILES string of the molecule is C/C(=C\c1cc(F)c2cnn(C3CCOCC3)c2c1)[C@H]1OC(=O)C[C@H](O)CC[C@H](C)[C@@H](OC(=O)N2CCN(C)CC2)/C=C\[C@@H]1C. The Balaban J connectivity index is 1.40. The van der Waals surface area contributed by atoms with Crippen LogP contribution in [0, 0.1) is 17.7 Å². The van der Waals surface area contributed by atoms with Crippen molar-refractivity contribution in [3.63, 3.8) is 0 Å². The fourth-order valence-electron chi connectivity index (χ4n) is 6.40. The van der Waals surface area contributed by atoms with E-state index in [1.165, 1.54) is 6.07 Å². The van der Waals surface area contributed by atoms with Crippen molar-refractivity contribution in [2.24, 2.45) is 11.8 Å². The largest absolute Gasteiger partial charge is 0.457 e. The third-order valence-electron chi connectivity index (χ3n) is 9.32. The fourth-order valence-corrected chi connectivity index (χ4v) is 6.40. The van der Waals surface area contributed by atoms with Gasteiger partial charge in [-0.2, -0.15) is 5.10 Å². The van der Waals surface area contributed by atoms with E-state index in [-0.39, 0.29) is 36.2 Å². The summed E-state index contributed by atoms with van der Waals surface area (Å²) in [6, 6.07) is 3.53. The molecule has 0 radical (unpaired) electrons. The summed E-state index contributed by atoms with van der Waals surface area (Å²) in [6.45, 7) is 9.89. The van der Waals surface area contributed by atoms with Crippen LogP contribution in [0.3, 0.4) is 0 Å². The van der Waals surface area contributed by atoms with Gasteiger partial charge < -0.3 is 29.1 Å². The lowest BCUT2D eigenvalue weighted by Crippen LogP contribution is -2.48. The number of nitrogens with zero attached hydrogens (tertiary/aromatic N) is 4. The number of aliphatic hydroxyl groups is 1. The van der Waals surface area contributed by atoms with Gasteiger partial charge in [0, 0.05) is 45.3 Å². The molecular formula is C34H47FN4O6. The van der Waals surface area contributed by atoms with E-state index >= 15 is 4.39 Å². The van der Waals surface area contributed by atoms with Gasteiger partial charge in [0.05, 0.1) is 35.7 Å². The first-order valence-corrected chi connectivity index (χ1v) is 16.2. The average Bonchev–Trinajstić information content (AvgIpc) is 3.45. The monoisotopic (exact) mass is 626 g/mol. The molecule has 0 aliphatic carbocycles.